The van der Waals surface area contributed by atoms with E-state index in [2.05, 4.69) is 20.3 Å². The van der Waals surface area contributed by atoms with E-state index in [9.17, 15) is 14.0 Å². The molecule has 4 N–H and O–H groups in total. The number of carbonyl (C=O) groups excluding carboxylic acids is 2. The number of hydrogen-bond donors (Lipinski definition) is 3. The van der Waals surface area contributed by atoms with Crippen LogP contribution < -0.4 is 21.6 Å². The average Bonchev–Trinajstić information content (AvgIpc) is 3.23. The van der Waals surface area contributed by atoms with Gasteiger partial charge in [0.2, 0.25) is 0 Å². The van der Waals surface area contributed by atoms with E-state index >= 15 is 0 Å². The number of amides is 2. The van der Waals surface area contributed by atoms with Gasteiger partial charge in [-0.15, -0.1) is 0 Å². The molecule has 0 saturated carbocycles. The summed E-state index contributed by atoms with van der Waals surface area (Å²) in [7, 11) is 0. The SMILES string of the molecule is NC(=O)c1cc(Cc2cc(C(=O)NCc3ccc4[nH]cc(Cl)c4c3F)ccn2)cc2c1=NCC(Cl)(Cl)C=2. The smallest absolute Gasteiger partial charge is 0.251 e. The van der Waals surface area contributed by atoms with Crippen LogP contribution in [0.5, 0.6) is 0 Å². The summed E-state index contributed by atoms with van der Waals surface area (Å²) in [6.45, 7) is 0.0853. The minimum absolute atomic E-state index is 0.0233. The van der Waals surface area contributed by atoms with Gasteiger partial charge < -0.3 is 16.0 Å². The Morgan fingerprint density at radius 2 is 2.00 bits per heavy atom. The molecule has 0 aliphatic carbocycles. The van der Waals surface area contributed by atoms with Crippen molar-refractivity contribution in [3.05, 3.63) is 98.2 Å². The van der Waals surface area contributed by atoms with E-state index < -0.39 is 22.0 Å². The second-order valence-electron chi connectivity index (χ2n) is 8.66. The largest absolute Gasteiger partial charge is 0.366 e. The van der Waals surface area contributed by atoms with E-state index in [0.29, 0.717) is 44.9 Å². The number of nitrogens with two attached hydrogens (primary N) is 1. The van der Waals surface area contributed by atoms with Gasteiger partial charge in [0.05, 0.1) is 27.9 Å². The first-order valence-corrected chi connectivity index (χ1v) is 12.3. The van der Waals surface area contributed by atoms with Gasteiger partial charge in [-0.25, -0.2) is 4.39 Å². The van der Waals surface area contributed by atoms with Crippen LogP contribution in [-0.4, -0.2) is 32.7 Å². The minimum Gasteiger partial charge on any atom is -0.366 e. The minimum atomic E-state index is -1.19. The lowest BCUT2D eigenvalue weighted by Gasteiger charge is -2.17. The molecule has 188 valence electrons. The Bertz CT molecular complexity index is 1700. The number of aromatic amines is 1. The van der Waals surface area contributed by atoms with Crippen LogP contribution in [0.15, 0.2) is 53.8 Å². The summed E-state index contributed by atoms with van der Waals surface area (Å²) >= 11 is 18.5. The van der Waals surface area contributed by atoms with Crippen LogP contribution in [0, 0.1) is 5.82 Å². The third kappa shape index (κ3) is 5.18. The van der Waals surface area contributed by atoms with E-state index in [4.69, 9.17) is 40.5 Å². The van der Waals surface area contributed by atoms with Gasteiger partial charge >= 0.3 is 0 Å². The molecule has 0 unspecified atom stereocenters. The number of fused-ring (bicyclic) bond motifs is 2. The number of primary amides is 1. The predicted octanol–water partition coefficient (Wildman–Crippen LogP) is 3.56. The molecule has 2 amide bonds. The molecule has 1 aliphatic rings. The Labute approximate surface area is 225 Å². The quantitative estimate of drug-likeness (QED) is 0.315. The lowest BCUT2D eigenvalue weighted by atomic mass is 10.0. The van der Waals surface area contributed by atoms with Gasteiger partial charge in [0.15, 0.2) is 4.33 Å². The van der Waals surface area contributed by atoms with Crippen molar-refractivity contribution in [2.45, 2.75) is 17.3 Å². The Morgan fingerprint density at radius 1 is 1.19 bits per heavy atom. The summed E-state index contributed by atoms with van der Waals surface area (Å²) in [6, 6.07) is 9.94. The third-order valence-corrected chi connectivity index (χ3v) is 6.75. The Morgan fingerprint density at radius 3 is 2.78 bits per heavy atom. The fourth-order valence-electron chi connectivity index (χ4n) is 4.28. The highest BCUT2D eigenvalue weighted by atomic mass is 35.5. The first kappa shape index (κ1) is 25.2. The van der Waals surface area contributed by atoms with E-state index in [0.717, 1.165) is 0 Å². The molecule has 2 aromatic heterocycles. The number of rotatable bonds is 6. The highest BCUT2D eigenvalue weighted by Crippen LogP contribution is 2.28. The second kappa shape index (κ2) is 9.78. The van der Waals surface area contributed by atoms with Crippen LogP contribution in [0.4, 0.5) is 4.39 Å². The van der Waals surface area contributed by atoms with Crippen molar-refractivity contribution in [3.63, 3.8) is 0 Å². The van der Waals surface area contributed by atoms with Crippen molar-refractivity contribution in [1.29, 1.82) is 0 Å². The molecule has 4 aromatic rings. The van der Waals surface area contributed by atoms with Crippen LogP contribution >= 0.6 is 34.8 Å². The van der Waals surface area contributed by atoms with Gasteiger partial charge in [-0.05, 0) is 47.2 Å². The first-order chi connectivity index (χ1) is 17.6. The Kier molecular flexibility index (Phi) is 6.66. The van der Waals surface area contributed by atoms with Crippen molar-refractivity contribution in [1.82, 2.24) is 15.3 Å². The lowest BCUT2D eigenvalue weighted by Crippen LogP contribution is -2.40. The average molecular weight is 559 g/mol. The highest BCUT2D eigenvalue weighted by molar-refractivity contribution is 6.52. The molecule has 0 radical (unpaired) electrons. The number of pyridine rings is 1. The normalized spacial score (nSPS) is 13.9. The topological polar surface area (TPSA) is 113 Å². The van der Waals surface area contributed by atoms with Gasteiger partial charge in [-0.2, -0.15) is 0 Å². The highest BCUT2D eigenvalue weighted by Gasteiger charge is 2.24. The predicted molar refractivity (Wildman–Crippen MR) is 141 cm³/mol. The van der Waals surface area contributed by atoms with Crippen molar-refractivity contribution in [3.8, 4) is 0 Å². The standard InChI is InChI=1S/C26H19Cl3FN5O2/c27-19-11-33-20-2-1-15(22(30)21(19)20)10-34-25(37)14-3-4-32-17(8-14)6-13-5-16-9-26(28,29)12-35-23(16)18(7-13)24(31)36/h1-5,7-9,11,33H,6,10,12H2,(H2,31,36)(H,34,37). The second-order valence-corrected chi connectivity index (χ2v) is 10.6. The van der Waals surface area contributed by atoms with Crippen LogP contribution in [-0.2, 0) is 13.0 Å². The molecule has 7 nitrogen and oxygen atoms in total. The van der Waals surface area contributed by atoms with Crippen molar-refractivity contribution in [2.75, 3.05) is 6.54 Å². The summed E-state index contributed by atoms with van der Waals surface area (Å²) in [4.78, 5) is 36.4. The van der Waals surface area contributed by atoms with Crippen LogP contribution in [0.25, 0.3) is 17.0 Å². The zero-order valence-electron chi connectivity index (χ0n) is 19.1. The summed E-state index contributed by atoms with van der Waals surface area (Å²) < 4.78 is 13.7. The van der Waals surface area contributed by atoms with Gasteiger partial charge in [0.1, 0.15) is 5.82 Å². The van der Waals surface area contributed by atoms with Crippen LogP contribution in [0.3, 0.4) is 0 Å². The first-order valence-electron chi connectivity index (χ1n) is 11.2. The fraction of sp³-hybridized carbons (Fsp3) is 0.154. The van der Waals surface area contributed by atoms with Gasteiger partial charge in [-0.3, -0.25) is 19.6 Å². The summed E-state index contributed by atoms with van der Waals surface area (Å²) in [5.41, 5.74) is 8.35. The fourth-order valence-corrected chi connectivity index (χ4v) is 4.87. The Balaban J connectivity index is 1.37. The molecular weight excluding hydrogens is 540 g/mol. The number of H-pyrrole nitrogens is 1. The summed E-state index contributed by atoms with van der Waals surface area (Å²) in [5.74, 6) is -1.51. The van der Waals surface area contributed by atoms with Gasteiger partial charge in [-0.1, -0.05) is 40.9 Å². The number of nitrogens with zero attached hydrogens (tertiary/aromatic N) is 2. The molecule has 3 heterocycles. The number of hydrogen-bond acceptors (Lipinski definition) is 4. The molecule has 0 saturated heterocycles. The molecule has 2 aromatic carbocycles. The van der Waals surface area contributed by atoms with E-state index in [1.54, 1.807) is 36.4 Å². The number of alkyl halides is 2. The molecule has 0 fully saturated rings. The van der Waals surface area contributed by atoms with Crippen LogP contribution in [0.2, 0.25) is 5.02 Å². The zero-order chi connectivity index (χ0) is 26.3. The monoisotopic (exact) mass is 557 g/mol. The van der Waals surface area contributed by atoms with Gasteiger partial charge in [0, 0.05) is 47.7 Å². The number of halogens is 4. The molecule has 0 spiro atoms. The number of benzene rings is 2. The van der Waals surface area contributed by atoms with E-state index in [-0.39, 0.29) is 29.1 Å². The van der Waals surface area contributed by atoms with E-state index in [1.807, 2.05) is 6.07 Å². The molecule has 0 bridgehead atoms. The number of nitrogens with one attached hydrogen (secondary N) is 2. The maximum absolute atomic E-state index is 14.9. The molecule has 11 heteroatoms. The maximum Gasteiger partial charge on any atom is 0.251 e. The van der Waals surface area contributed by atoms with Crippen molar-refractivity contribution < 1.29 is 14.0 Å². The zero-order valence-corrected chi connectivity index (χ0v) is 21.4. The van der Waals surface area contributed by atoms with Crippen molar-refractivity contribution in [2.24, 2.45) is 10.7 Å². The number of aromatic nitrogens is 2. The Hall–Kier alpha value is -3.46. The lowest BCUT2D eigenvalue weighted by molar-refractivity contribution is 0.0949. The van der Waals surface area contributed by atoms with Gasteiger partial charge in [0.25, 0.3) is 11.8 Å². The molecular formula is C26H19Cl3FN5O2. The molecule has 0 atom stereocenters. The maximum atomic E-state index is 14.9. The third-order valence-electron chi connectivity index (χ3n) is 6.00. The summed E-state index contributed by atoms with van der Waals surface area (Å²) in [5, 5.41) is 4.33. The molecule has 5 rings (SSSR count). The molecule has 37 heavy (non-hydrogen) atoms. The van der Waals surface area contributed by atoms with Crippen molar-refractivity contribution >= 4 is 63.6 Å². The molecule has 1 aliphatic heterocycles. The van der Waals surface area contributed by atoms with Crippen LogP contribution in [0.1, 0.15) is 37.5 Å². The summed E-state index contributed by atoms with van der Waals surface area (Å²) in [6.07, 6.45) is 4.95. The van der Waals surface area contributed by atoms with E-state index in [1.165, 1.54) is 12.4 Å². The number of carbonyl (C=O) groups is 2.